The van der Waals surface area contributed by atoms with E-state index in [2.05, 4.69) is 12.2 Å². The van der Waals surface area contributed by atoms with Crippen molar-refractivity contribution in [1.82, 2.24) is 0 Å². The van der Waals surface area contributed by atoms with Gasteiger partial charge >= 0.3 is 0 Å². The maximum absolute atomic E-state index is 13.5. The van der Waals surface area contributed by atoms with Crippen LogP contribution in [0.25, 0.3) is 0 Å². The number of nitrogens with two attached hydrogens (primary N) is 1. The fraction of sp³-hybridized carbons (Fsp3) is 0.588. The highest BCUT2D eigenvalue weighted by Crippen LogP contribution is 2.28. The summed E-state index contributed by atoms with van der Waals surface area (Å²) in [6, 6.07) is 4.90. The van der Waals surface area contributed by atoms with Crippen molar-refractivity contribution in [1.29, 1.82) is 0 Å². The van der Waals surface area contributed by atoms with Gasteiger partial charge in [0.25, 0.3) is 5.91 Å². The Morgan fingerprint density at radius 2 is 2.14 bits per heavy atom. The molecule has 1 amide bonds. The van der Waals surface area contributed by atoms with E-state index in [1.54, 1.807) is 6.07 Å². The second kappa shape index (κ2) is 7.43. The summed E-state index contributed by atoms with van der Waals surface area (Å²) in [5.74, 6) is -0.437. The second-order valence-corrected chi connectivity index (χ2v) is 6.06. The van der Waals surface area contributed by atoms with Crippen LogP contribution in [0.3, 0.4) is 0 Å². The predicted octanol–water partition coefficient (Wildman–Crippen LogP) is 4.09. The van der Waals surface area contributed by atoms with Gasteiger partial charge in [-0.2, -0.15) is 0 Å². The summed E-state index contributed by atoms with van der Waals surface area (Å²) in [6.07, 6.45) is 8.61. The van der Waals surface area contributed by atoms with Crippen LogP contribution in [-0.4, -0.2) is 11.9 Å². The molecule has 0 aromatic heterocycles. The Labute approximate surface area is 126 Å². The van der Waals surface area contributed by atoms with Gasteiger partial charge in [-0.25, -0.2) is 4.39 Å². The number of hydrogen-bond donors (Lipinski definition) is 2. The van der Waals surface area contributed by atoms with Crippen molar-refractivity contribution in [2.24, 2.45) is 11.7 Å². The minimum atomic E-state index is -0.722. The zero-order valence-corrected chi connectivity index (χ0v) is 12.7. The monoisotopic (exact) mass is 292 g/mol. The van der Waals surface area contributed by atoms with Gasteiger partial charge in [-0.05, 0) is 43.4 Å². The molecule has 2 atom stereocenters. The number of hydrogen-bond acceptors (Lipinski definition) is 2. The van der Waals surface area contributed by atoms with E-state index in [4.69, 9.17) is 5.73 Å². The lowest BCUT2D eigenvalue weighted by atomic mass is 9.95. The first kappa shape index (κ1) is 15.8. The van der Waals surface area contributed by atoms with E-state index in [9.17, 15) is 9.18 Å². The lowest BCUT2D eigenvalue weighted by Crippen LogP contribution is -2.19. The zero-order chi connectivity index (χ0) is 15.2. The SMILES string of the molecule is CCCC1CCCC(Nc2ccc(F)c(C(N)=O)c2)CC1. The third-order valence-corrected chi connectivity index (χ3v) is 4.39. The first-order valence-corrected chi connectivity index (χ1v) is 7.96. The zero-order valence-electron chi connectivity index (χ0n) is 12.7. The number of rotatable bonds is 5. The Morgan fingerprint density at radius 3 is 2.86 bits per heavy atom. The van der Waals surface area contributed by atoms with E-state index < -0.39 is 11.7 Å². The Bertz CT molecular complexity index is 490. The fourth-order valence-electron chi connectivity index (χ4n) is 3.26. The van der Waals surface area contributed by atoms with Crippen LogP contribution in [0.2, 0.25) is 0 Å². The quantitative estimate of drug-likeness (QED) is 0.803. The van der Waals surface area contributed by atoms with Crippen LogP contribution in [-0.2, 0) is 0 Å². The van der Waals surface area contributed by atoms with E-state index in [0.29, 0.717) is 6.04 Å². The molecule has 4 heteroatoms. The normalized spacial score (nSPS) is 22.6. The van der Waals surface area contributed by atoms with Gasteiger partial charge in [0.1, 0.15) is 5.82 Å². The van der Waals surface area contributed by atoms with Crippen LogP contribution >= 0.6 is 0 Å². The van der Waals surface area contributed by atoms with Gasteiger partial charge in [-0.3, -0.25) is 4.79 Å². The predicted molar refractivity (Wildman–Crippen MR) is 83.8 cm³/mol. The van der Waals surface area contributed by atoms with Crippen molar-refractivity contribution >= 4 is 11.6 Å². The molecule has 3 N–H and O–H groups in total. The van der Waals surface area contributed by atoms with Gasteiger partial charge in [0.15, 0.2) is 0 Å². The lowest BCUT2D eigenvalue weighted by molar-refractivity contribution is 0.0996. The highest BCUT2D eigenvalue weighted by molar-refractivity contribution is 5.94. The Balaban J connectivity index is 1.98. The molecule has 2 rings (SSSR count). The number of primary amides is 1. The molecule has 2 unspecified atom stereocenters. The number of benzene rings is 1. The van der Waals surface area contributed by atoms with Crippen LogP contribution in [0.15, 0.2) is 18.2 Å². The Hall–Kier alpha value is -1.58. The van der Waals surface area contributed by atoms with E-state index in [0.717, 1.165) is 24.4 Å². The van der Waals surface area contributed by atoms with Crippen molar-refractivity contribution in [2.45, 2.75) is 57.9 Å². The number of halogens is 1. The largest absolute Gasteiger partial charge is 0.382 e. The van der Waals surface area contributed by atoms with E-state index in [1.807, 2.05) is 0 Å². The van der Waals surface area contributed by atoms with Gasteiger partial charge in [-0.1, -0.05) is 32.6 Å². The Kier molecular flexibility index (Phi) is 5.59. The van der Waals surface area contributed by atoms with E-state index >= 15 is 0 Å². The van der Waals surface area contributed by atoms with Crippen molar-refractivity contribution in [3.8, 4) is 0 Å². The van der Waals surface area contributed by atoms with Gasteiger partial charge in [0.2, 0.25) is 0 Å². The summed E-state index contributed by atoms with van der Waals surface area (Å²) >= 11 is 0. The van der Waals surface area contributed by atoms with Crippen molar-refractivity contribution in [3.63, 3.8) is 0 Å². The third-order valence-electron chi connectivity index (χ3n) is 4.39. The van der Waals surface area contributed by atoms with Gasteiger partial charge < -0.3 is 11.1 Å². The molecule has 0 heterocycles. The van der Waals surface area contributed by atoms with Gasteiger partial charge in [0, 0.05) is 11.7 Å². The molecule has 116 valence electrons. The molecule has 21 heavy (non-hydrogen) atoms. The summed E-state index contributed by atoms with van der Waals surface area (Å²) < 4.78 is 13.5. The lowest BCUT2D eigenvalue weighted by Gasteiger charge is -2.18. The number of nitrogens with one attached hydrogen (secondary N) is 1. The molecule has 0 radical (unpaired) electrons. The molecule has 3 nitrogen and oxygen atoms in total. The highest BCUT2D eigenvalue weighted by atomic mass is 19.1. The number of carbonyl (C=O) groups is 1. The molecule has 0 bridgehead atoms. The van der Waals surface area contributed by atoms with E-state index in [1.165, 1.54) is 44.2 Å². The number of carbonyl (C=O) groups excluding carboxylic acids is 1. The van der Waals surface area contributed by atoms with Crippen LogP contribution in [0.5, 0.6) is 0 Å². The fourth-order valence-corrected chi connectivity index (χ4v) is 3.26. The second-order valence-electron chi connectivity index (χ2n) is 6.06. The molecule has 0 spiro atoms. The molecular formula is C17H25FN2O. The van der Waals surface area contributed by atoms with Crippen LogP contribution < -0.4 is 11.1 Å². The molecule has 1 aromatic carbocycles. The molecule has 0 aliphatic heterocycles. The molecular weight excluding hydrogens is 267 g/mol. The molecule has 1 aliphatic carbocycles. The van der Waals surface area contributed by atoms with Crippen molar-refractivity contribution in [2.75, 3.05) is 5.32 Å². The van der Waals surface area contributed by atoms with Crippen LogP contribution in [0, 0.1) is 11.7 Å². The van der Waals surface area contributed by atoms with Crippen molar-refractivity contribution < 1.29 is 9.18 Å². The van der Waals surface area contributed by atoms with Crippen LogP contribution in [0.1, 0.15) is 62.2 Å². The summed E-state index contributed by atoms with van der Waals surface area (Å²) in [5, 5.41) is 3.43. The minimum Gasteiger partial charge on any atom is -0.382 e. The number of amides is 1. The summed E-state index contributed by atoms with van der Waals surface area (Å²) in [6.45, 7) is 2.24. The first-order chi connectivity index (χ1) is 10.1. The first-order valence-electron chi connectivity index (χ1n) is 7.96. The molecule has 1 aromatic rings. The topological polar surface area (TPSA) is 55.1 Å². The summed E-state index contributed by atoms with van der Waals surface area (Å²) in [4.78, 5) is 11.2. The standard InChI is InChI=1S/C17H25FN2O/c1-2-4-12-5-3-6-13(8-7-12)20-14-9-10-16(18)15(11-14)17(19)21/h9-13,20H,2-8H2,1H3,(H2,19,21). The number of anilines is 1. The maximum Gasteiger partial charge on any atom is 0.251 e. The van der Waals surface area contributed by atoms with Gasteiger partial charge in [-0.15, -0.1) is 0 Å². The van der Waals surface area contributed by atoms with E-state index in [-0.39, 0.29) is 5.56 Å². The summed E-state index contributed by atoms with van der Waals surface area (Å²) in [5.41, 5.74) is 5.92. The maximum atomic E-state index is 13.5. The highest BCUT2D eigenvalue weighted by Gasteiger charge is 2.19. The van der Waals surface area contributed by atoms with Gasteiger partial charge in [0.05, 0.1) is 5.56 Å². The minimum absolute atomic E-state index is 0.0440. The third kappa shape index (κ3) is 4.45. The molecule has 1 saturated carbocycles. The Morgan fingerprint density at radius 1 is 1.33 bits per heavy atom. The average Bonchev–Trinajstić information content (AvgIpc) is 2.67. The van der Waals surface area contributed by atoms with Crippen LogP contribution in [0.4, 0.5) is 10.1 Å². The average molecular weight is 292 g/mol. The van der Waals surface area contributed by atoms with Crippen molar-refractivity contribution in [3.05, 3.63) is 29.6 Å². The smallest absolute Gasteiger partial charge is 0.251 e. The molecule has 1 fully saturated rings. The molecule has 0 saturated heterocycles. The molecule has 1 aliphatic rings. The summed E-state index contributed by atoms with van der Waals surface area (Å²) in [7, 11) is 0.